The highest BCUT2D eigenvalue weighted by molar-refractivity contribution is 9.10. The lowest BCUT2D eigenvalue weighted by molar-refractivity contribution is 1.04. The number of hydrogen-bond donors (Lipinski definition) is 1. The van der Waals surface area contributed by atoms with E-state index in [1.807, 2.05) is 18.3 Å². The minimum absolute atomic E-state index is 0.746. The van der Waals surface area contributed by atoms with Gasteiger partial charge >= 0.3 is 0 Å². The fourth-order valence-corrected chi connectivity index (χ4v) is 1.79. The van der Waals surface area contributed by atoms with Gasteiger partial charge in [-0.1, -0.05) is 6.07 Å². The molecule has 0 saturated carbocycles. The van der Waals surface area contributed by atoms with Crippen molar-refractivity contribution in [1.29, 1.82) is 0 Å². The highest BCUT2D eigenvalue weighted by atomic mass is 79.9. The summed E-state index contributed by atoms with van der Waals surface area (Å²) in [5.41, 5.74) is 4.79. The molecule has 0 atom stereocenters. The van der Waals surface area contributed by atoms with Crippen molar-refractivity contribution in [3.63, 3.8) is 0 Å². The van der Waals surface area contributed by atoms with Crippen molar-refractivity contribution in [2.24, 2.45) is 0 Å². The Morgan fingerprint density at radius 3 is 2.59 bits per heavy atom. The first kappa shape index (κ1) is 12.1. The molecule has 1 heterocycles. The Labute approximate surface area is 110 Å². The Balaban J connectivity index is 2.02. The smallest absolute Gasteiger partial charge is 0.0595 e. The average Bonchev–Trinajstić information content (AvgIpc) is 2.33. The van der Waals surface area contributed by atoms with Crippen molar-refractivity contribution < 1.29 is 0 Å². The highest BCUT2D eigenvalue weighted by Crippen LogP contribution is 2.15. The molecule has 0 spiro atoms. The molecule has 1 aromatic carbocycles. The summed E-state index contributed by atoms with van der Waals surface area (Å²) in [6, 6.07) is 10.4. The van der Waals surface area contributed by atoms with Crippen LogP contribution in [0.1, 0.15) is 16.8 Å². The maximum atomic E-state index is 4.32. The molecule has 1 N–H and O–H groups in total. The van der Waals surface area contributed by atoms with Gasteiger partial charge in [0.25, 0.3) is 0 Å². The van der Waals surface area contributed by atoms with E-state index >= 15 is 0 Å². The number of halogens is 1. The minimum Gasteiger partial charge on any atom is -0.379 e. The molecule has 2 rings (SSSR count). The van der Waals surface area contributed by atoms with E-state index in [9.17, 15) is 0 Å². The van der Waals surface area contributed by atoms with Crippen molar-refractivity contribution in [3.8, 4) is 0 Å². The SMILES string of the molecule is Cc1ccc(NCc2ccc(Br)cn2)cc1C. The van der Waals surface area contributed by atoms with Crippen LogP contribution in [0.3, 0.4) is 0 Å². The van der Waals surface area contributed by atoms with Crippen molar-refractivity contribution in [3.05, 3.63) is 57.8 Å². The molecule has 0 saturated heterocycles. The molecule has 88 valence electrons. The third kappa shape index (κ3) is 3.30. The molecular formula is C14H15BrN2. The Morgan fingerprint density at radius 1 is 1.12 bits per heavy atom. The average molecular weight is 291 g/mol. The van der Waals surface area contributed by atoms with Gasteiger partial charge in [0.15, 0.2) is 0 Å². The van der Waals surface area contributed by atoms with Crippen LogP contribution >= 0.6 is 15.9 Å². The molecule has 3 heteroatoms. The minimum atomic E-state index is 0.746. The second kappa shape index (κ2) is 5.32. The molecule has 2 nitrogen and oxygen atoms in total. The third-order valence-corrected chi connectivity index (χ3v) is 3.24. The number of anilines is 1. The van der Waals surface area contributed by atoms with Crippen LogP contribution in [-0.2, 0) is 6.54 Å². The molecule has 0 amide bonds. The summed E-state index contributed by atoms with van der Waals surface area (Å²) >= 11 is 3.38. The third-order valence-electron chi connectivity index (χ3n) is 2.77. The van der Waals surface area contributed by atoms with Crippen LogP contribution in [0.2, 0.25) is 0 Å². The van der Waals surface area contributed by atoms with Crippen molar-refractivity contribution >= 4 is 21.6 Å². The fourth-order valence-electron chi connectivity index (χ4n) is 1.56. The van der Waals surface area contributed by atoms with Crippen LogP contribution in [0, 0.1) is 13.8 Å². The maximum Gasteiger partial charge on any atom is 0.0595 e. The molecule has 17 heavy (non-hydrogen) atoms. The topological polar surface area (TPSA) is 24.9 Å². The van der Waals surface area contributed by atoms with E-state index in [1.54, 1.807) is 0 Å². The van der Waals surface area contributed by atoms with Gasteiger partial charge < -0.3 is 5.32 Å². The second-order valence-corrected chi connectivity index (χ2v) is 5.04. The predicted molar refractivity (Wildman–Crippen MR) is 75.2 cm³/mol. The first-order chi connectivity index (χ1) is 8.15. The van der Waals surface area contributed by atoms with E-state index in [2.05, 4.69) is 58.3 Å². The van der Waals surface area contributed by atoms with Gasteiger partial charge in [-0.3, -0.25) is 4.98 Å². The van der Waals surface area contributed by atoms with Crippen LogP contribution in [0.25, 0.3) is 0 Å². The quantitative estimate of drug-likeness (QED) is 0.922. The monoisotopic (exact) mass is 290 g/mol. The zero-order valence-electron chi connectivity index (χ0n) is 10.00. The molecule has 2 aromatic rings. The molecule has 0 bridgehead atoms. The zero-order valence-corrected chi connectivity index (χ0v) is 11.6. The van der Waals surface area contributed by atoms with Gasteiger partial charge in [-0.2, -0.15) is 0 Å². The van der Waals surface area contributed by atoms with E-state index in [1.165, 1.54) is 11.1 Å². The zero-order chi connectivity index (χ0) is 12.3. The molecule has 0 aliphatic rings. The fraction of sp³-hybridized carbons (Fsp3) is 0.214. The lowest BCUT2D eigenvalue weighted by Crippen LogP contribution is -2.01. The molecule has 0 radical (unpaired) electrons. The molecule has 0 aliphatic carbocycles. The van der Waals surface area contributed by atoms with Gasteiger partial charge in [-0.25, -0.2) is 0 Å². The van der Waals surface area contributed by atoms with Crippen LogP contribution in [0.15, 0.2) is 41.0 Å². The number of nitrogens with zero attached hydrogens (tertiary/aromatic N) is 1. The van der Waals surface area contributed by atoms with Crippen LogP contribution in [-0.4, -0.2) is 4.98 Å². The lowest BCUT2D eigenvalue weighted by atomic mass is 10.1. The number of benzene rings is 1. The summed E-state index contributed by atoms with van der Waals surface area (Å²) in [6.07, 6.45) is 1.82. The summed E-state index contributed by atoms with van der Waals surface area (Å²) in [4.78, 5) is 4.32. The number of aryl methyl sites for hydroxylation is 2. The standard InChI is InChI=1S/C14H15BrN2/c1-10-3-5-13(7-11(10)2)17-9-14-6-4-12(15)8-16-14/h3-8,17H,9H2,1-2H3. The van der Waals surface area contributed by atoms with Crippen LogP contribution < -0.4 is 5.32 Å². The Kier molecular flexibility index (Phi) is 3.79. The molecule has 0 aliphatic heterocycles. The van der Waals surface area contributed by atoms with Gasteiger partial charge in [0, 0.05) is 16.4 Å². The van der Waals surface area contributed by atoms with Gasteiger partial charge in [0.1, 0.15) is 0 Å². The summed E-state index contributed by atoms with van der Waals surface area (Å²) in [6.45, 7) is 4.99. The normalized spacial score (nSPS) is 10.3. The van der Waals surface area contributed by atoms with Crippen molar-refractivity contribution in [2.45, 2.75) is 20.4 Å². The van der Waals surface area contributed by atoms with Crippen LogP contribution in [0.5, 0.6) is 0 Å². The largest absolute Gasteiger partial charge is 0.379 e. The first-order valence-corrected chi connectivity index (χ1v) is 6.36. The summed E-state index contributed by atoms with van der Waals surface area (Å²) in [5.74, 6) is 0. The Morgan fingerprint density at radius 2 is 1.94 bits per heavy atom. The van der Waals surface area contributed by atoms with Crippen LogP contribution in [0.4, 0.5) is 5.69 Å². The second-order valence-electron chi connectivity index (χ2n) is 4.12. The number of rotatable bonds is 3. The van der Waals surface area contributed by atoms with E-state index in [0.717, 1.165) is 22.4 Å². The van der Waals surface area contributed by atoms with Gasteiger partial charge in [-0.15, -0.1) is 0 Å². The maximum absolute atomic E-state index is 4.32. The van der Waals surface area contributed by atoms with E-state index < -0.39 is 0 Å². The molecule has 1 aromatic heterocycles. The highest BCUT2D eigenvalue weighted by Gasteiger charge is 1.97. The van der Waals surface area contributed by atoms with Crippen molar-refractivity contribution in [1.82, 2.24) is 4.98 Å². The van der Waals surface area contributed by atoms with E-state index in [4.69, 9.17) is 0 Å². The summed E-state index contributed by atoms with van der Waals surface area (Å²) in [7, 11) is 0. The van der Waals surface area contributed by atoms with Crippen molar-refractivity contribution in [2.75, 3.05) is 5.32 Å². The van der Waals surface area contributed by atoms with Gasteiger partial charge in [-0.05, 0) is 65.2 Å². The Hall–Kier alpha value is -1.35. The molecule has 0 unspecified atom stereocenters. The molecule has 0 fully saturated rings. The number of aromatic nitrogens is 1. The summed E-state index contributed by atoms with van der Waals surface area (Å²) in [5, 5.41) is 3.37. The summed E-state index contributed by atoms with van der Waals surface area (Å²) < 4.78 is 1.01. The van der Waals surface area contributed by atoms with Gasteiger partial charge in [0.05, 0.1) is 12.2 Å². The number of hydrogen-bond acceptors (Lipinski definition) is 2. The lowest BCUT2D eigenvalue weighted by Gasteiger charge is -2.08. The van der Waals surface area contributed by atoms with E-state index in [-0.39, 0.29) is 0 Å². The van der Waals surface area contributed by atoms with E-state index in [0.29, 0.717) is 0 Å². The number of nitrogens with one attached hydrogen (secondary N) is 1. The van der Waals surface area contributed by atoms with Gasteiger partial charge in [0.2, 0.25) is 0 Å². The first-order valence-electron chi connectivity index (χ1n) is 5.57. The number of pyridine rings is 1. The molecular weight excluding hydrogens is 276 g/mol. The predicted octanol–water partition coefficient (Wildman–Crippen LogP) is 4.07. The Bertz CT molecular complexity index is 506.